The SMILES string of the molecule is C[C@@H](C1CCC1)N(Cc1ccc(Cl)cc1)S(=O)C(C)(C)C. The van der Waals surface area contributed by atoms with Gasteiger partial charge in [-0.05, 0) is 64.2 Å². The standard InChI is InChI=1S/C17H26ClNOS/c1-13(15-6-5-7-15)19(21(20)17(2,3)4)12-14-8-10-16(18)11-9-14/h8-11,13,15H,5-7,12H2,1-4H3/t13-,21?/m0/s1. The predicted octanol–water partition coefficient (Wildman–Crippen LogP) is 4.79. The molecule has 2 nitrogen and oxygen atoms in total. The third-order valence-electron chi connectivity index (χ3n) is 4.27. The molecule has 0 radical (unpaired) electrons. The number of halogens is 1. The highest BCUT2D eigenvalue weighted by Gasteiger charge is 2.35. The summed E-state index contributed by atoms with van der Waals surface area (Å²) in [5, 5.41) is 0.745. The highest BCUT2D eigenvalue weighted by molar-refractivity contribution is 7.84. The lowest BCUT2D eigenvalue weighted by molar-refractivity contribution is 0.174. The molecule has 4 heteroatoms. The van der Waals surface area contributed by atoms with Crippen molar-refractivity contribution in [3.63, 3.8) is 0 Å². The summed E-state index contributed by atoms with van der Waals surface area (Å²) in [6, 6.07) is 8.23. The molecular formula is C17H26ClNOS. The number of nitrogens with zero attached hydrogens (tertiary/aromatic N) is 1. The molecule has 0 spiro atoms. The van der Waals surface area contributed by atoms with Crippen molar-refractivity contribution in [2.45, 2.75) is 64.3 Å². The molecule has 1 unspecified atom stereocenters. The molecule has 1 aromatic rings. The summed E-state index contributed by atoms with van der Waals surface area (Å²) in [6.07, 6.45) is 3.84. The third kappa shape index (κ3) is 4.30. The topological polar surface area (TPSA) is 20.3 Å². The van der Waals surface area contributed by atoms with Crippen molar-refractivity contribution in [1.29, 1.82) is 0 Å². The third-order valence-corrected chi connectivity index (χ3v) is 6.46. The van der Waals surface area contributed by atoms with Gasteiger partial charge in [0, 0.05) is 17.6 Å². The average Bonchev–Trinajstić information content (AvgIpc) is 2.34. The molecule has 1 aliphatic rings. The maximum absolute atomic E-state index is 12.9. The van der Waals surface area contributed by atoms with Crippen LogP contribution in [0.2, 0.25) is 5.02 Å². The van der Waals surface area contributed by atoms with Gasteiger partial charge in [0.25, 0.3) is 0 Å². The Morgan fingerprint density at radius 2 is 1.86 bits per heavy atom. The molecule has 0 saturated heterocycles. The van der Waals surface area contributed by atoms with Gasteiger partial charge < -0.3 is 0 Å². The molecule has 118 valence electrons. The Kier molecular flexibility index (Phi) is 5.50. The molecule has 0 heterocycles. The largest absolute Gasteiger partial charge is 0.242 e. The van der Waals surface area contributed by atoms with Crippen LogP contribution >= 0.6 is 11.6 Å². The van der Waals surface area contributed by atoms with Crippen molar-refractivity contribution in [2.24, 2.45) is 5.92 Å². The summed E-state index contributed by atoms with van der Waals surface area (Å²) in [4.78, 5) is 0. The van der Waals surface area contributed by atoms with Gasteiger partial charge in [0.2, 0.25) is 0 Å². The molecule has 0 bridgehead atoms. The number of hydrogen-bond donors (Lipinski definition) is 0. The van der Waals surface area contributed by atoms with Gasteiger partial charge in [-0.3, -0.25) is 0 Å². The molecule has 2 atom stereocenters. The lowest BCUT2D eigenvalue weighted by Gasteiger charge is -2.40. The van der Waals surface area contributed by atoms with Gasteiger partial charge in [-0.15, -0.1) is 0 Å². The molecule has 21 heavy (non-hydrogen) atoms. The zero-order chi connectivity index (χ0) is 15.6. The van der Waals surface area contributed by atoms with Crippen LogP contribution in [0.4, 0.5) is 0 Å². The highest BCUT2D eigenvalue weighted by Crippen LogP contribution is 2.34. The fourth-order valence-electron chi connectivity index (χ4n) is 2.63. The molecule has 1 aromatic carbocycles. The van der Waals surface area contributed by atoms with Crippen LogP contribution in [-0.2, 0) is 17.5 Å². The van der Waals surface area contributed by atoms with Crippen LogP contribution in [-0.4, -0.2) is 19.3 Å². The zero-order valence-electron chi connectivity index (χ0n) is 13.4. The maximum Gasteiger partial charge on any atom is 0.100 e. The van der Waals surface area contributed by atoms with Crippen molar-refractivity contribution in [3.05, 3.63) is 34.9 Å². The van der Waals surface area contributed by atoms with E-state index < -0.39 is 11.0 Å². The summed E-state index contributed by atoms with van der Waals surface area (Å²) in [5.74, 6) is 0.684. The first-order valence-electron chi connectivity index (χ1n) is 7.72. The molecule has 0 amide bonds. The Morgan fingerprint density at radius 1 is 1.29 bits per heavy atom. The average molecular weight is 328 g/mol. The van der Waals surface area contributed by atoms with Crippen molar-refractivity contribution in [3.8, 4) is 0 Å². The second-order valence-corrected chi connectivity index (χ2v) is 9.62. The summed E-state index contributed by atoms with van der Waals surface area (Å²) < 4.78 is 14.9. The van der Waals surface area contributed by atoms with E-state index in [1.54, 1.807) is 0 Å². The minimum absolute atomic E-state index is 0.232. The summed E-state index contributed by atoms with van der Waals surface area (Å²) in [5.41, 5.74) is 1.17. The first kappa shape index (κ1) is 17.0. The van der Waals surface area contributed by atoms with E-state index in [9.17, 15) is 4.21 Å². The Morgan fingerprint density at radius 3 is 2.29 bits per heavy atom. The molecule has 0 aliphatic heterocycles. The molecule has 1 fully saturated rings. The van der Waals surface area contributed by atoms with Crippen LogP contribution in [0.1, 0.15) is 52.5 Å². The van der Waals surface area contributed by atoms with Gasteiger partial charge in [0.15, 0.2) is 0 Å². The maximum atomic E-state index is 12.9. The van der Waals surface area contributed by atoms with Gasteiger partial charge in [-0.25, -0.2) is 8.51 Å². The number of benzene rings is 1. The van der Waals surface area contributed by atoms with Gasteiger partial charge in [-0.1, -0.05) is 30.2 Å². The molecule has 0 aromatic heterocycles. The van der Waals surface area contributed by atoms with Gasteiger partial charge >= 0.3 is 0 Å². The summed E-state index contributed by atoms with van der Waals surface area (Å²) >= 11 is 5.95. The van der Waals surface area contributed by atoms with Crippen molar-refractivity contribution in [1.82, 2.24) is 4.31 Å². The second-order valence-electron chi connectivity index (χ2n) is 6.99. The van der Waals surface area contributed by atoms with E-state index in [2.05, 4.69) is 11.2 Å². The molecule has 0 N–H and O–H groups in total. The van der Waals surface area contributed by atoms with Crippen LogP contribution in [0.3, 0.4) is 0 Å². The van der Waals surface area contributed by atoms with E-state index in [0.717, 1.165) is 11.6 Å². The van der Waals surface area contributed by atoms with Crippen LogP contribution in [0.15, 0.2) is 24.3 Å². The minimum atomic E-state index is -0.999. The van der Waals surface area contributed by atoms with Gasteiger partial charge in [0.1, 0.15) is 11.0 Å². The van der Waals surface area contributed by atoms with Crippen LogP contribution in [0.25, 0.3) is 0 Å². The van der Waals surface area contributed by atoms with E-state index in [0.29, 0.717) is 12.0 Å². The lowest BCUT2D eigenvalue weighted by atomic mass is 9.80. The fraction of sp³-hybridized carbons (Fsp3) is 0.647. The van der Waals surface area contributed by atoms with E-state index >= 15 is 0 Å². The summed E-state index contributed by atoms with van der Waals surface area (Å²) in [7, 11) is -0.999. The normalized spacial score (nSPS) is 19.3. The van der Waals surface area contributed by atoms with Gasteiger partial charge in [0.05, 0.1) is 4.75 Å². The van der Waals surface area contributed by atoms with Crippen LogP contribution in [0.5, 0.6) is 0 Å². The summed E-state index contributed by atoms with van der Waals surface area (Å²) in [6.45, 7) is 9.09. The van der Waals surface area contributed by atoms with Crippen LogP contribution < -0.4 is 0 Å². The Balaban J connectivity index is 2.18. The van der Waals surface area contributed by atoms with E-state index in [4.69, 9.17) is 11.6 Å². The first-order chi connectivity index (χ1) is 9.79. The van der Waals surface area contributed by atoms with Crippen molar-refractivity contribution < 1.29 is 4.21 Å². The van der Waals surface area contributed by atoms with E-state index in [1.165, 1.54) is 24.8 Å². The zero-order valence-corrected chi connectivity index (χ0v) is 15.0. The predicted molar refractivity (Wildman–Crippen MR) is 91.7 cm³/mol. The monoisotopic (exact) mass is 327 g/mol. The molecule has 2 rings (SSSR count). The number of rotatable bonds is 5. The van der Waals surface area contributed by atoms with Gasteiger partial charge in [-0.2, -0.15) is 0 Å². The minimum Gasteiger partial charge on any atom is -0.242 e. The van der Waals surface area contributed by atoms with E-state index in [-0.39, 0.29) is 4.75 Å². The lowest BCUT2D eigenvalue weighted by Crippen LogP contribution is -2.46. The first-order valence-corrected chi connectivity index (χ1v) is 9.20. The fourth-order valence-corrected chi connectivity index (χ4v) is 4.20. The second kappa shape index (κ2) is 6.80. The molecule has 1 aliphatic carbocycles. The Hall–Kier alpha value is -0.380. The quantitative estimate of drug-likeness (QED) is 0.761. The van der Waals surface area contributed by atoms with E-state index in [1.807, 2.05) is 45.0 Å². The molecule has 1 saturated carbocycles. The highest BCUT2D eigenvalue weighted by atomic mass is 35.5. The van der Waals surface area contributed by atoms with Crippen LogP contribution in [0, 0.1) is 5.92 Å². The van der Waals surface area contributed by atoms with Crippen molar-refractivity contribution in [2.75, 3.05) is 0 Å². The Labute approximate surface area is 136 Å². The molecular weight excluding hydrogens is 302 g/mol. The smallest absolute Gasteiger partial charge is 0.100 e. The van der Waals surface area contributed by atoms with Crippen molar-refractivity contribution >= 4 is 22.6 Å². The number of hydrogen-bond acceptors (Lipinski definition) is 1. The Bertz CT molecular complexity index is 491.